The Balaban J connectivity index is 2.21. The van der Waals surface area contributed by atoms with Crippen LogP contribution in [0.1, 0.15) is 17.4 Å². The number of carbonyl (C=O) groups excluding carboxylic acids is 1. The highest BCUT2D eigenvalue weighted by Gasteiger charge is 2.30. The summed E-state index contributed by atoms with van der Waals surface area (Å²) in [6.45, 7) is 1.77. The highest BCUT2D eigenvalue weighted by Crippen LogP contribution is 2.27. The normalized spacial score (nSPS) is 14.2. The van der Waals surface area contributed by atoms with Crippen LogP contribution in [0.15, 0.2) is 46.3 Å². The molecule has 2 nitrogen and oxygen atoms in total. The molecule has 0 spiro atoms. The van der Waals surface area contributed by atoms with Crippen molar-refractivity contribution >= 4 is 33.0 Å². The molecule has 1 aromatic carbocycles. The Morgan fingerprint density at radius 2 is 2.00 bits per heavy atom. The monoisotopic (exact) mass is 323 g/mol. The van der Waals surface area contributed by atoms with Crippen molar-refractivity contribution < 1.29 is 4.79 Å². The highest BCUT2D eigenvalue weighted by atomic mass is 79.9. The summed E-state index contributed by atoms with van der Waals surface area (Å²) in [6.07, 6.45) is 0.361. The lowest BCUT2D eigenvalue weighted by Gasteiger charge is -2.23. The second kappa shape index (κ2) is 5.34. The predicted molar refractivity (Wildman–Crippen MR) is 78.7 cm³/mol. The maximum Gasteiger partial charge on any atom is 0.162 e. The molecule has 1 unspecified atom stereocenters. The molecule has 0 bridgehead atoms. The minimum absolute atomic E-state index is 0.0249. The number of hydrogen-bond donors (Lipinski definition) is 1. The van der Waals surface area contributed by atoms with E-state index in [0.29, 0.717) is 6.42 Å². The van der Waals surface area contributed by atoms with Gasteiger partial charge in [-0.1, -0.05) is 30.3 Å². The van der Waals surface area contributed by atoms with Crippen LogP contribution >= 0.6 is 27.3 Å². The summed E-state index contributed by atoms with van der Waals surface area (Å²) >= 11 is 5.00. The minimum atomic E-state index is -0.940. The summed E-state index contributed by atoms with van der Waals surface area (Å²) < 4.78 is 0.977. The van der Waals surface area contributed by atoms with Crippen molar-refractivity contribution in [1.82, 2.24) is 0 Å². The largest absolute Gasteiger partial charge is 0.315 e. The standard InChI is InChI=1S/C14H14BrNOS/c1-14(16,10-5-3-2-4-6-10)13(17)9-12-11(15)7-8-18-12/h2-8H,9,16H2,1H3. The van der Waals surface area contributed by atoms with Crippen molar-refractivity contribution in [3.8, 4) is 0 Å². The zero-order chi connectivity index (χ0) is 13.2. The van der Waals surface area contributed by atoms with Gasteiger partial charge in [0.2, 0.25) is 0 Å². The molecule has 0 fully saturated rings. The number of halogens is 1. The van der Waals surface area contributed by atoms with Gasteiger partial charge in [-0.3, -0.25) is 4.79 Å². The van der Waals surface area contributed by atoms with Gasteiger partial charge in [0, 0.05) is 15.8 Å². The Morgan fingerprint density at radius 3 is 2.56 bits per heavy atom. The molecule has 0 saturated heterocycles. The smallest absolute Gasteiger partial charge is 0.162 e. The number of Topliss-reactive ketones (excluding diaryl/α,β-unsaturated/α-hetero) is 1. The number of nitrogens with two attached hydrogens (primary N) is 1. The Morgan fingerprint density at radius 1 is 1.33 bits per heavy atom. The first-order valence-corrected chi connectivity index (χ1v) is 7.28. The van der Waals surface area contributed by atoms with E-state index in [4.69, 9.17) is 5.73 Å². The fourth-order valence-corrected chi connectivity index (χ4v) is 3.22. The quantitative estimate of drug-likeness (QED) is 0.935. The maximum atomic E-state index is 12.3. The molecule has 1 heterocycles. The van der Waals surface area contributed by atoms with E-state index in [9.17, 15) is 4.79 Å². The SMILES string of the molecule is CC(N)(C(=O)Cc1sccc1Br)c1ccccc1. The Bertz CT molecular complexity index is 548. The van der Waals surface area contributed by atoms with Gasteiger partial charge in [0.1, 0.15) is 0 Å². The van der Waals surface area contributed by atoms with Gasteiger partial charge in [0.25, 0.3) is 0 Å². The molecule has 2 N–H and O–H groups in total. The molecule has 18 heavy (non-hydrogen) atoms. The Labute approximate surface area is 119 Å². The fraction of sp³-hybridized carbons (Fsp3) is 0.214. The van der Waals surface area contributed by atoms with E-state index in [0.717, 1.165) is 14.9 Å². The molecule has 0 amide bonds. The van der Waals surface area contributed by atoms with Crippen LogP contribution in [-0.2, 0) is 16.8 Å². The molecule has 1 atom stereocenters. The van der Waals surface area contributed by atoms with Gasteiger partial charge in [0.15, 0.2) is 5.78 Å². The van der Waals surface area contributed by atoms with Crippen molar-refractivity contribution in [3.63, 3.8) is 0 Å². The second-order valence-electron chi connectivity index (χ2n) is 4.36. The van der Waals surface area contributed by atoms with Crippen LogP contribution in [0, 0.1) is 0 Å². The molecular formula is C14H14BrNOS. The van der Waals surface area contributed by atoms with Gasteiger partial charge in [0.05, 0.1) is 5.54 Å². The topological polar surface area (TPSA) is 43.1 Å². The summed E-state index contributed by atoms with van der Waals surface area (Å²) in [5.74, 6) is 0.0249. The van der Waals surface area contributed by atoms with E-state index < -0.39 is 5.54 Å². The molecule has 2 aromatic rings. The molecule has 94 valence electrons. The van der Waals surface area contributed by atoms with Crippen LogP contribution in [0.2, 0.25) is 0 Å². The van der Waals surface area contributed by atoms with E-state index in [1.54, 1.807) is 18.3 Å². The van der Waals surface area contributed by atoms with Gasteiger partial charge < -0.3 is 5.73 Å². The number of ketones is 1. The lowest BCUT2D eigenvalue weighted by molar-refractivity contribution is -0.123. The third kappa shape index (κ3) is 2.71. The van der Waals surface area contributed by atoms with Crippen molar-refractivity contribution in [2.75, 3.05) is 0 Å². The zero-order valence-electron chi connectivity index (χ0n) is 10.0. The van der Waals surface area contributed by atoms with Crippen LogP contribution < -0.4 is 5.73 Å². The van der Waals surface area contributed by atoms with Crippen LogP contribution in [0.3, 0.4) is 0 Å². The van der Waals surface area contributed by atoms with Gasteiger partial charge in [-0.05, 0) is 39.9 Å². The number of rotatable bonds is 4. The summed E-state index contributed by atoms with van der Waals surface area (Å²) in [6, 6.07) is 11.4. The second-order valence-corrected chi connectivity index (χ2v) is 6.22. The van der Waals surface area contributed by atoms with E-state index in [2.05, 4.69) is 15.9 Å². The van der Waals surface area contributed by atoms with Crippen molar-refractivity contribution in [1.29, 1.82) is 0 Å². The third-order valence-corrected chi connectivity index (χ3v) is 4.89. The van der Waals surface area contributed by atoms with Gasteiger partial charge >= 0.3 is 0 Å². The third-order valence-electron chi connectivity index (χ3n) is 2.96. The number of hydrogen-bond acceptors (Lipinski definition) is 3. The van der Waals surface area contributed by atoms with Crippen LogP contribution in [-0.4, -0.2) is 5.78 Å². The molecule has 0 radical (unpaired) electrons. The van der Waals surface area contributed by atoms with Gasteiger partial charge in [-0.2, -0.15) is 0 Å². The first-order valence-electron chi connectivity index (χ1n) is 5.61. The van der Waals surface area contributed by atoms with Crippen molar-refractivity contribution in [3.05, 3.63) is 56.7 Å². The van der Waals surface area contributed by atoms with Gasteiger partial charge in [-0.25, -0.2) is 0 Å². The molecule has 0 aliphatic heterocycles. The van der Waals surface area contributed by atoms with Crippen LogP contribution in [0.25, 0.3) is 0 Å². The lowest BCUT2D eigenvalue weighted by Crippen LogP contribution is -2.42. The first kappa shape index (κ1) is 13.5. The predicted octanol–water partition coefficient (Wildman–Crippen LogP) is 3.50. The van der Waals surface area contributed by atoms with E-state index in [-0.39, 0.29) is 5.78 Å². The van der Waals surface area contributed by atoms with Gasteiger partial charge in [-0.15, -0.1) is 11.3 Å². The van der Waals surface area contributed by atoms with Crippen LogP contribution in [0.5, 0.6) is 0 Å². The van der Waals surface area contributed by atoms with E-state index in [1.165, 1.54) is 0 Å². The molecule has 2 rings (SSSR count). The number of carbonyl (C=O) groups is 1. The summed E-state index contributed by atoms with van der Waals surface area (Å²) in [5.41, 5.74) is 6.10. The number of benzene rings is 1. The average molecular weight is 324 g/mol. The fourth-order valence-electron chi connectivity index (χ4n) is 1.73. The first-order chi connectivity index (χ1) is 8.51. The molecule has 4 heteroatoms. The van der Waals surface area contributed by atoms with E-state index >= 15 is 0 Å². The van der Waals surface area contributed by atoms with Crippen LogP contribution in [0.4, 0.5) is 0 Å². The lowest BCUT2D eigenvalue weighted by atomic mass is 9.87. The maximum absolute atomic E-state index is 12.3. The Kier molecular flexibility index (Phi) is 4.00. The van der Waals surface area contributed by atoms with E-state index in [1.807, 2.05) is 41.8 Å². The molecule has 1 aromatic heterocycles. The average Bonchev–Trinajstić information content (AvgIpc) is 2.76. The Hall–Kier alpha value is -0.970. The zero-order valence-corrected chi connectivity index (χ0v) is 12.4. The van der Waals surface area contributed by atoms with Crippen molar-refractivity contribution in [2.45, 2.75) is 18.9 Å². The molecule has 0 aliphatic carbocycles. The molecule has 0 aliphatic rings. The molecular weight excluding hydrogens is 310 g/mol. The number of thiophene rings is 1. The summed E-state index contributed by atoms with van der Waals surface area (Å²) in [5, 5.41) is 1.96. The highest BCUT2D eigenvalue weighted by molar-refractivity contribution is 9.10. The van der Waals surface area contributed by atoms with Crippen molar-refractivity contribution in [2.24, 2.45) is 5.73 Å². The summed E-state index contributed by atoms with van der Waals surface area (Å²) in [7, 11) is 0. The minimum Gasteiger partial charge on any atom is -0.315 e. The summed E-state index contributed by atoms with van der Waals surface area (Å²) in [4.78, 5) is 13.4. The molecule has 0 saturated carbocycles.